The molecule has 1 rings (SSSR count). The highest BCUT2D eigenvalue weighted by atomic mass is 16.5. The number of carbonyl (C=O) groups is 1. The second-order valence-electron chi connectivity index (χ2n) is 3.53. The maximum absolute atomic E-state index is 11.4. The first-order valence-electron chi connectivity index (χ1n) is 5.74. The number of nitrogens with two attached hydrogens (primary N) is 1. The SMILES string of the molecule is CCCOCCOc1nccc(C(=O)OC)c1N. The molecule has 0 unspecified atom stereocenters. The van der Waals surface area contributed by atoms with Crippen LogP contribution in [0.25, 0.3) is 0 Å². The van der Waals surface area contributed by atoms with E-state index in [1.165, 1.54) is 19.4 Å². The molecule has 1 heterocycles. The fraction of sp³-hybridized carbons (Fsp3) is 0.500. The molecule has 0 aromatic carbocycles. The van der Waals surface area contributed by atoms with Crippen molar-refractivity contribution in [3.63, 3.8) is 0 Å². The molecule has 18 heavy (non-hydrogen) atoms. The number of nitrogens with zero attached hydrogens (tertiary/aromatic N) is 1. The van der Waals surface area contributed by atoms with Gasteiger partial charge in [0.05, 0.1) is 19.3 Å². The lowest BCUT2D eigenvalue weighted by molar-refractivity contribution is 0.0601. The van der Waals surface area contributed by atoms with Gasteiger partial charge in [-0.05, 0) is 12.5 Å². The van der Waals surface area contributed by atoms with Crippen LogP contribution in [0.15, 0.2) is 12.3 Å². The van der Waals surface area contributed by atoms with Crippen LogP contribution >= 0.6 is 0 Å². The number of esters is 1. The second kappa shape index (κ2) is 7.50. The normalized spacial score (nSPS) is 10.1. The predicted octanol–water partition coefficient (Wildman–Crippen LogP) is 1.26. The Kier molecular flexibility index (Phi) is 5.93. The highest BCUT2D eigenvalue weighted by molar-refractivity contribution is 5.95. The number of pyridine rings is 1. The monoisotopic (exact) mass is 254 g/mol. The fourth-order valence-electron chi connectivity index (χ4n) is 1.30. The summed E-state index contributed by atoms with van der Waals surface area (Å²) in [5.41, 5.74) is 6.20. The van der Waals surface area contributed by atoms with Crippen molar-refractivity contribution in [2.45, 2.75) is 13.3 Å². The third-order valence-electron chi connectivity index (χ3n) is 2.17. The smallest absolute Gasteiger partial charge is 0.340 e. The van der Waals surface area contributed by atoms with Gasteiger partial charge in [-0.2, -0.15) is 0 Å². The molecule has 6 nitrogen and oxygen atoms in total. The van der Waals surface area contributed by atoms with Crippen LogP contribution in [0.5, 0.6) is 5.88 Å². The van der Waals surface area contributed by atoms with Crippen molar-refractivity contribution in [1.82, 2.24) is 4.98 Å². The molecular weight excluding hydrogens is 236 g/mol. The van der Waals surface area contributed by atoms with Gasteiger partial charge in [0.25, 0.3) is 0 Å². The Labute approximate surface area is 106 Å². The molecule has 0 aliphatic heterocycles. The van der Waals surface area contributed by atoms with Crippen molar-refractivity contribution in [1.29, 1.82) is 0 Å². The van der Waals surface area contributed by atoms with Crippen LogP contribution < -0.4 is 10.5 Å². The zero-order valence-corrected chi connectivity index (χ0v) is 10.6. The number of hydrogen-bond donors (Lipinski definition) is 1. The number of anilines is 1. The molecule has 6 heteroatoms. The van der Waals surface area contributed by atoms with Gasteiger partial charge in [-0.15, -0.1) is 0 Å². The second-order valence-corrected chi connectivity index (χ2v) is 3.53. The Morgan fingerprint density at radius 3 is 2.83 bits per heavy atom. The lowest BCUT2D eigenvalue weighted by Gasteiger charge is -2.10. The first-order valence-corrected chi connectivity index (χ1v) is 5.74. The number of aromatic nitrogens is 1. The van der Waals surface area contributed by atoms with E-state index in [4.69, 9.17) is 15.2 Å². The van der Waals surface area contributed by atoms with E-state index in [1.54, 1.807) is 0 Å². The highest BCUT2D eigenvalue weighted by Crippen LogP contribution is 2.22. The van der Waals surface area contributed by atoms with Crippen LogP contribution in [-0.2, 0) is 9.47 Å². The van der Waals surface area contributed by atoms with E-state index in [9.17, 15) is 4.79 Å². The average Bonchev–Trinajstić information content (AvgIpc) is 2.39. The van der Waals surface area contributed by atoms with Crippen LogP contribution in [0.3, 0.4) is 0 Å². The van der Waals surface area contributed by atoms with Gasteiger partial charge in [-0.25, -0.2) is 9.78 Å². The molecule has 1 aromatic rings. The van der Waals surface area contributed by atoms with E-state index in [-0.39, 0.29) is 17.1 Å². The first-order chi connectivity index (χ1) is 8.70. The number of carbonyl (C=O) groups excluding carboxylic acids is 1. The summed E-state index contributed by atoms with van der Waals surface area (Å²) >= 11 is 0. The summed E-state index contributed by atoms with van der Waals surface area (Å²) < 4.78 is 15.2. The minimum atomic E-state index is -0.512. The zero-order chi connectivity index (χ0) is 13.4. The molecule has 0 spiro atoms. The molecule has 1 aromatic heterocycles. The molecule has 0 saturated carbocycles. The number of ether oxygens (including phenoxy) is 3. The third kappa shape index (κ3) is 3.89. The third-order valence-corrected chi connectivity index (χ3v) is 2.17. The molecule has 0 fully saturated rings. The first kappa shape index (κ1) is 14.2. The van der Waals surface area contributed by atoms with Crippen LogP contribution in [0.2, 0.25) is 0 Å². The van der Waals surface area contributed by atoms with Crippen LogP contribution in [0.1, 0.15) is 23.7 Å². The van der Waals surface area contributed by atoms with E-state index >= 15 is 0 Å². The maximum atomic E-state index is 11.4. The summed E-state index contributed by atoms with van der Waals surface area (Å²) in [6.07, 6.45) is 2.41. The maximum Gasteiger partial charge on any atom is 0.340 e. The van der Waals surface area contributed by atoms with Gasteiger partial charge in [0.2, 0.25) is 5.88 Å². The van der Waals surface area contributed by atoms with Gasteiger partial charge in [0, 0.05) is 12.8 Å². The van der Waals surface area contributed by atoms with Gasteiger partial charge >= 0.3 is 5.97 Å². The number of rotatable bonds is 7. The summed E-state index contributed by atoms with van der Waals surface area (Å²) in [7, 11) is 1.29. The van der Waals surface area contributed by atoms with Gasteiger partial charge in [-0.3, -0.25) is 0 Å². The summed E-state index contributed by atoms with van der Waals surface area (Å²) in [4.78, 5) is 15.4. The van der Waals surface area contributed by atoms with E-state index in [1.807, 2.05) is 6.92 Å². The van der Waals surface area contributed by atoms with Crippen LogP contribution in [0.4, 0.5) is 5.69 Å². The summed E-state index contributed by atoms with van der Waals surface area (Å²) in [5, 5.41) is 0. The lowest BCUT2D eigenvalue weighted by Crippen LogP contribution is -2.12. The van der Waals surface area contributed by atoms with E-state index < -0.39 is 5.97 Å². The average molecular weight is 254 g/mol. The highest BCUT2D eigenvalue weighted by Gasteiger charge is 2.14. The Morgan fingerprint density at radius 1 is 1.39 bits per heavy atom. The molecule has 0 bridgehead atoms. The zero-order valence-electron chi connectivity index (χ0n) is 10.6. The topological polar surface area (TPSA) is 83.7 Å². The summed E-state index contributed by atoms with van der Waals surface area (Å²) in [5.74, 6) is -0.292. The molecular formula is C12H18N2O4. The molecule has 2 N–H and O–H groups in total. The number of methoxy groups -OCH3 is 1. The summed E-state index contributed by atoms with van der Waals surface area (Å²) in [6.45, 7) is 3.51. The van der Waals surface area contributed by atoms with Crippen molar-refractivity contribution in [3.8, 4) is 5.88 Å². The molecule has 100 valence electrons. The molecule has 0 aliphatic carbocycles. The van der Waals surface area contributed by atoms with Crippen molar-refractivity contribution in [2.24, 2.45) is 0 Å². The number of hydrogen-bond acceptors (Lipinski definition) is 6. The summed E-state index contributed by atoms with van der Waals surface area (Å²) in [6, 6.07) is 1.49. The Hall–Kier alpha value is -1.82. The van der Waals surface area contributed by atoms with Gasteiger partial charge < -0.3 is 19.9 Å². The van der Waals surface area contributed by atoms with Crippen molar-refractivity contribution in [3.05, 3.63) is 17.8 Å². The lowest BCUT2D eigenvalue weighted by atomic mass is 10.2. The molecule has 0 amide bonds. The van der Waals surface area contributed by atoms with E-state index in [0.29, 0.717) is 19.8 Å². The Morgan fingerprint density at radius 2 is 2.17 bits per heavy atom. The quantitative estimate of drug-likeness (QED) is 0.582. The van der Waals surface area contributed by atoms with Crippen LogP contribution in [-0.4, -0.2) is 37.9 Å². The minimum Gasteiger partial charge on any atom is -0.474 e. The van der Waals surface area contributed by atoms with Gasteiger partial charge in [0.1, 0.15) is 12.3 Å². The number of nitrogen functional groups attached to an aromatic ring is 1. The Bertz CT molecular complexity index is 396. The van der Waals surface area contributed by atoms with Gasteiger partial charge in [-0.1, -0.05) is 6.92 Å². The fourth-order valence-corrected chi connectivity index (χ4v) is 1.30. The van der Waals surface area contributed by atoms with Gasteiger partial charge in [0.15, 0.2) is 0 Å². The molecule has 0 atom stereocenters. The minimum absolute atomic E-state index is 0.180. The van der Waals surface area contributed by atoms with Crippen LogP contribution in [0, 0.1) is 0 Å². The molecule has 0 aliphatic rings. The Balaban J connectivity index is 2.58. The standard InChI is InChI=1S/C12H18N2O4/c1-3-6-17-7-8-18-11-10(13)9(4-5-14-11)12(15)16-2/h4-5H,3,6-8,13H2,1-2H3. The van der Waals surface area contributed by atoms with E-state index in [0.717, 1.165) is 6.42 Å². The molecule has 0 radical (unpaired) electrons. The predicted molar refractivity (Wildman–Crippen MR) is 66.6 cm³/mol. The van der Waals surface area contributed by atoms with Crippen molar-refractivity contribution in [2.75, 3.05) is 32.7 Å². The van der Waals surface area contributed by atoms with Crippen molar-refractivity contribution < 1.29 is 19.0 Å². The molecule has 0 saturated heterocycles. The van der Waals surface area contributed by atoms with Crippen molar-refractivity contribution >= 4 is 11.7 Å². The largest absolute Gasteiger partial charge is 0.474 e. The van der Waals surface area contributed by atoms with E-state index in [2.05, 4.69) is 9.72 Å².